The fourth-order valence-electron chi connectivity index (χ4n) is 4.94. The van der Waals surface area contributed by atoms with Crippen LogP contribution in [0.4, 0.5) is 10.5 Å². The number of carbonyl (C=O) groups excluding carboxylic acids is 5. The van der Waals surface area contributed by atoms with Crippen molar-refractivity contribution in [3.05, 3.63) is 53.1 Å². The molecular formula is C30H34N2O9. The normalized spacial score (nSPS) is 15.5. The largest absolute Gasteiger partial charge is 0.533 e. The molecule has 2 aliphatic rings. The monoisotopic (exact) mass is 566 g/mol. The molecule has 1 fully saturated rings. The van der Waals surface area contributed by atoms with Crippen LogP contribution in [0, 0.1) is 0 Å². The fraction of sp³-hybridized carbons (Fsp3) is 0.433. The molecule has 1 heterocycles. The predicted octanol–water partition coefficient (Wildman–Crippen LogP) is 4.12. The van der Waals surface area contributed by atoms with E-state index < -0.39 is 23.9 Å². The van der Waals surface area contributed by atoms with E-state index in [1.807, 2.05) is 12.1 Å². The third-order valence-electron chi connectivity index (χ3n) is 7.00. The zero-order valence-corrected chi connectivity index (χ0v) is 23.0. The van der Waals surface area contributed by atoms with Crippen LogP contribution in [0.5, 0.6) is 0 Å². The van der Waals surface area contributed by atoms with Crippen LogP contribution in [-0.2, 0) is 28.7 Å². The molecule has 0 saturated carbocycles. The first kappa shape index (κ1) is 29.9. The number of hydrogen-bond acceptors (Lipinski definition) is 9. The summed E-state index contributed by atoms with van der Waals surface area (Å²) in [6, 6.07) is 10.8. The number of rotatable bonds is 14. The quantitative estimate of drug-likeness (QED) is 0.149. The molecule has 3 amide bonds. The minimum absolute atomic E-state index is 0.0333. The Bertz CT molecular complexity index is 1310. The topological polar surface area (TPSA) is 149 Å². The molecule has 1 saturated heterocycles. The van der Waals surface area contributed by atoms with E-state index in [-0.39, 0.29) is 44.2 Å². The highest BCUT2D eigenvalue weighted by molar-refractivity contribution is 6.05. The summed E-state index contributed by atoms with van der Waals surface area (Å²) in [6.07, 6.45) is 1.30. The van der Waals surface area contributed by atoms with E-state index in [0.29, 0.717) is 48.8 Å². The molecule has 41 heavy (non-hydrogen) atoms. The Morgan fingerprint density at radius 1 is 1.00 bits per heavy atom. The van der Waals surface area contributed by atoms with Gasteiger partial charge in [0.15, 0.2) is 5.78 Å². The third kappa shape index (κ3) is 7.17. The van der Waals surface area contributed by atoms with E-state index in [9.17, 15) is 24.0 Å². The number of hydrogen-bond donors (Lipinski definition) is 2. The van der Waals surface area contributed by atoms with Crippen LogP contribution in [0.3, 0.4) is 0 Å². The molecule has 0 radical (unpaired) electrons. The van der Waals surface area contributed by atoms with Crippen LogP contribution in [0.2, 0.25) is 0 Å². The molecule has 0 aromatic heterocycles. The lowest BCUT2D eigenvalue weighted by molar-refractivity contribution is -0.177. The van der Waals surface area contributed by atoms with Gasteiger partial charge in [-0.2, -0.15) is 0 Å². The zero-order valence-electron chi connectivity index (χ0n) is 23.0. The average molecular weight is 567 g/mol. The van der Waals surface area contributed by atoms with Crippen molar-refractivity contribution in [1.82, 2.24) is 5.06 Å². The maximum absolute atomic E-state index is 13.3. The van der Waals surface area contributed by atoms with Crippen LogP contribution in [-0.4, -0.2) is 66.3 Å². The summed E-state index contributed by atoms with van der Waals surface area (Å²) < 4.78 is 10.9. The second-order valence-corrected chi connectivity index (χ2v) is 9.83. The fourth-order valence-corrected chi connectivity index (χ4v) is 4.94. The summed E-state index contributed by atoms with van der Waals surface area (Å²) in [6.45, 7) is 2.65. The number of carbonyl (C=O) groups is 5. The number of ether oxygens (including phenoxy) is 2. The van der Waals surface area contributed by atoms with Gasteiger partial charge in [0.1, 0.15) is 6.61 Å². The Hall–Kier alpha value is -4.09. The summed E-state index contributed by atoms with van der Waals surface area (Å²) in [5, 5.41) is 12.1. The number of ketones is 1. The summed E-state index contributed by atoms with van der Waals surface area (Å²) in [7, 11) is 0. The van der Waals surface area contributed by atoms with Gasteiger partial charge >= 0.3 is 6.16 Å². The van der Waals surface area contributed by atoms with Crippen molar-refractivity contribution >= 4 is 35.3 Å². The van der Waals surface area contributed by atoms with E-state index in [1.165, 1.54) is 0 Å². The lowest BCUT2D eigenvalue weighted by Gasteiger charge is -2.17. The second-order valence-electron chi connectivity index (χ2n) is 9.83. The number of nitrogens with zero attached hydrogens (tertiary/aromatic N) is 1. The zero-order chi connectivity index (χ0) is 29.4. The Morgan fingerprint density at radius 3 is 2.49 bits per heavy atom. The molecule has 2 aromatic carbocycles. The Balaban J connectivity index is 1.53. The van der Waals surface area contributed by atoms with Crippen molar-refractivity contribution in [3.63, 3.8) is 0 Å². The summed E-state index contributed by atoms with van der Waals surface area (Å²) in [4.78, 5) is 66.2. The third-order valence-corrected chi connectivity index (χ3v) is 7.00. The molecule has 11 heteroatoms. The van der Waals surface area contributed by atoms with Crippen molar-refractivity contribution < 1.29 is 43.4 Å². The molecule has 11 nitrogen and oxygen atoms in total. The number of nitrogens with one attached hydrogen (secondary N) is 1. The highest BCUT2D eigenvalue weighted by Gasteiger charge is 2.36. The van der Waals surface area contributed by atoms with Gasteiger partial charge in [0.05, 0.1) is 0 Å². The number of amides is 3. The number of hydroxylamine groups is 2. The van der Waals surface area contributed by atoms with Gasteiger partial charge in [-0.25, -0.2) is 4.79 Å². The first-order chi connectivity index (χ1) is 19.8. The van der Waals surface area contributed by atoms with Gasteiger partial charge in [0, 0.05) is 62.7 Å². The van der Waals surface area contributed by atoms with Crippen molar-refractivity contribution in [2.45, 2.75) is 57.8 Å². The number of Topliss-reactive ketones (excluding diaryl/α,β-unsaturated/α-hetero) is 1. The maximum atomic E-state index is 13.3. The standard InChI is InChI=1S/C30H34N2O9/c1-2-26(35)31-19-10-11-21-23(17-19)24(18-40-30(38)41-32-27(36)12-13-28(32)37)20-7-5-8-22(29(20)21)25(34)9-6-16-39-15-4-3-14-33/h5,7-8,10-11,17,24,33H,2-4,6,9,12-16,18H2,1H3,(H,31,35). The Morgan fingerprint density at radius 2 is 1.76 bits per heavy atom. The summed E-state index contributed by atoms with van der Waals surface area (Å²) in [5.74, 6) is -1.93. The number of imide groups is 1. The molecule has 1 aliphatic carbocycles. The van der Waals surface area contributed by atoms with E-state index in [0.717, 1.165) is 28.7 Å². The lowest BCUT2D eigenvalue weighted by atomic mass is 9.93. The van der Waals surface area contributed by atoms with Crippen molar-refractivity contribution in [2.75, 3.05) is 31.7 Å². The van der Waals surface area contributed by atoms with Crippen molar-refractivity contribution in [3.8, 4) is 11.1 Å². The van der Waals surface area contributed by atoms with Crippen LogP contribution in [0.15, 0.2) is 36.4 Å². The molecule has 1 aliphatic heterocycles. The number of aliphatic hydroxyl groups is 1. The second kappa shape index (κ2) is 14.0. The maximum Gasteiger partial charge on any atom is 0.533 e. The number of unbranched alkanes of at least 4 members (excludes halogenated alkanes) is 1. The summed E-state index contributed by atoms with van der Waals surface area (Å²) >= 11 is 0. The smallest absolute Gasteiger partial charge is 0.432 e. The van der Waals surface area contributed by atoms with E-state index in [2.05, 4.69) is 5.32 Å². The van der Waals surface area contributed by atoms with Crippen LogP contribution in [0.25, 0.3) is 11.1 Å². The van der Waals surface area contributed by atoms with Gasteiger partial charge in [0.2, 0.25) is 5.91 Å². The van der Waals surface area contributed by atoms with E-state index in [1.54, 1.807) is 31.2 Å². The highest BCUT2D eigenvalue weighted by atomic mass is 16.8. The molecule has 218 valence electrons. The molecule has 2 aromatic rings. The Labute approximate surface area is 237 Å². The number of fused-ring (bicyclic) bond motifs is 3. The van der Waals surface area contributed by atoms with Crippen LogP contribution in [0.1, 0.15) is 79.3 Å². The van der Waals surface area contributed by atoms with Crippen molar-refractivity contribution in [2.24, 2.45) is 0 Å². The molecule has 0 bridgehead atoms. The van der Waals surface area contributed by atoms with Crippen LogP contribution < -0.4 is 5.32 Å². The van der Waals surface area contributed by atoms with E-state index in [4.69, 9.17) is 19.4 Å². The predicted molar refractivity (Wildman–Crippen MR) is 147 cm³/mol. The first-order valence-corrected chi connectivity index (χ1v) is 13.8. The molecular weight excluding hydrogens is 532 g/mol. The number of anilines is 1. The van der Waals surface area contributed by atoms with Crippen molar-refractivity contribution in [1.29, 1.82) is 0 Å². The lowest BCUT2D eigenvalue weighted by Crippen LogP contribution is -2.32. The summed E-state index contributed by atoms with van der Waals surface area (Å²) in [5.41, 5.74) is 4.14. The van der Waals surface area contributed by atoms with E-state index >= 15 is 0 Å². The van der Waals surface area contributed by atoms with Gasteiger partial charge in [-0.3, -0.25) is 24.0 Å². The first-order valence-electron chi connectivity index (χ1n) is 13.8. The Kier molecular flexibility index (Phi) is 10.2. The van der Waals surface area contributed by atoms with Gasteiger partial charge in [0.25, 0.3) is 11.8 Å². The number of benzene rings is 2. The molecule has 2 N–H and O–H groups in total. The molecule has 1 atom stereocenters. The average Bonchev–Trinajstić information content (AvgIpc) is 3.46. The number of aliphatic hydroxyl groups excluding tert-OH is 1. The SMILES string of the molecule is CCC(=O)Nc1ccc2c(c1)C(COC(=O)ON1C(=O)CCC1=O)c1cccc(C(=O)CCCOCCCCO)c1-2. The highest BCUT2D eigenvalue weighted by Crippen LogP contribution is 2.47. The molecule has 0 spiro atoms. The van der Waals surface area contributed by atoms with Gasteiger partial charge < -0.3 is 19.9 Å². The van der Waals surface area contributed by atoms with Gasteiger partial charge in [-0.15, -0.1) is 0 Å². The molecule has 1 unspecified atom stereocenters. The minimum atomic E-state index is -1.19. The van der Waals surface area contributed by atoms with Crippen LogP contribution >= 0.6 is 0 Å². The van der Waals surface area contributed by atoms with Gasteiger partial charge in [-0.1, -0.05) is 36.3 Å². The minimum Gasteiger partial charge on any atom is -0.432 e. The molecule has 4 rings (SSSR count). The van der Waals surface area contributed by atoms with Gasteiger partial charge in [-0.05, 0) is 53.6 Å².